The van der Waals surface area contributed by atoms with Gasteiger partial charge < -0.3 is 9.29 Å². The zero-order chi connectivity index (χ0) is 15.6. The third-order valence-electron chi connectivity index (χ3n) is 2.74. The zero-order valence-electron chi connectivity index (χ0n) is 11.7. The lowest BCUT2D eigenvalue weighted by Gasteiger charge is -2.25. The van der Waals surface area contributed by atoms with E-state index in [1.165, 1.54) is 30.6 Å². The van der Waals surface area contributed by atoms with Crippen LogP contribution in [0.15, 0.2) is 24.3 Å². The van der Waals surface area contributed by atoms with Crippen molar-refractivity contribution in [3.05, 3.63) is 40.5 Å². The monoisotopic (exact) mass is 325 g/mol. The van der Waals surface area contributed by atoms with Crippen molar-refractivity contribution in [3.8, 4) is 0 Å². The summed E-state index contributed by atoms with van der Waals surface area (Å²) in [5.74, 6) is -0.471. The summed E-state index contributed by atoms with van der Waals surface area (Å²) in [6, 6.07) is 6.14. The molecule has 0 bridgehead atoms. The van der Waals surface area contributed by atoms with Crippen LogP contribution in [-0.4, -0.2) is 26.8 Å². The Balaban J connectivity index is 2.42. The maximum absolute atomic E-state index is 11.6. The van der Waals surface area contributed by atoms with Gasteiger partial charge in [-0.25, -0.2) is 9.78 Å². The van der Waals surface area contributed by atoms with Gasteiger partial charge in [0.15, 0.2) is 0 Å². The molecule has 8 heteroatoms. The third-order valence-corrected chi connectivity index (χ3v) is 4.60. The van der Waals surface area contributed by atoms with Gasteiger partial charge in [0.25, 0.3) is 0 Å². The normalized spacial score (nSPS) is 12.0. The predicted molar refractivity (Wildman–Crippen MR) is 80.4 cm³/mol. The van der Waals surface area contributed by atoms with Gasteiger partial charge in [0.2, 0.25) is 0 Å². The molecule has 0 saturated carbocycles. The summed E-state index contributed by atoms with van der Waals surface area (Å²) >= 11 is -1.19. The van der Waals surface area contributed by atoms with Crippen LogP contribution in [0.1, 0.15) is 21.1 Å². The molecule has 0 saturated heterocycles. The smallest absolute Gasteiger partial charge is 0.337 e. The van der Waals surface area contributed by atoms with Crippen molar-refractivity contribution in [1.29, 1.82) is 0 Å². The van der Waals surface area contributed by atoms with Crippen molar-refractivity contribution in [2.75, 3.05) is 11.4 Å². The molecule has 112 valence electrons. The highest BCUT2D eigenvalue weighted by Gasteiger charge is 2.17. The Morgan fingerprint density at radius 1 is 1.33 bits per heavy atom. The molecule has 0 aliphatic carbocycles. The number of nitrogens with zero attached hydrogens (tertiary/aromatic N) is 2. The lowest BCUT2D eigenvalue weighted by atomic mass is 10.2. The number of aryl methyl sites for hydroxylation is 2. The molecule has 2 aromatic rings. The Labute approximate surface area is 128 Å². The lowest BCUT2D eigenvalue weighted by molar-refractivity contribution is 0.0601. The molecule has 0 spiro atoms. The summed E-state index contributed by atoms with van der Waals surface area (Å²) in [6.07, 6.45) is 0. The Hall–Kier alpha value is -1.77. The summed E-state index contributed by atoms with van der Waals surface area (Å²) in [5, 5.41) is 1.32. The van der Waals surface area contributed by atoms with Gasteiger partial charge in [-0.1, -0.05) is 0 Å². The highest BCUT2D eigenvalue weighted by Crippen LogP contribution is 2.34. The lowest BCUT2D eigenvalue weighted by Crippen LogP contribution is -2.19. The molecule has 2 rings (SSSR count). The first kappa shape index (κ1) is 15.6. The second-order valence-electron chi connectivity index (χ2n) is 4.17. The highest BCUT2D eigenvalue weighted by atomic mass is 32.2. The average Bonchev–Trinajstić information content (AvgIpc) is 2.77. The van der Waals surface area contributed by atoms with Gasteiger partial charge in [-0.15, -0.1) is 11.3 Å². The van der Waals surface area contributed by atoms with E-state index in [1.807, 2.05) is 6.92 Å². The van der Waals surface area contributed by atoms with Crippen molar-refractivity contribution >= 4 is 39.3 Å². The van der Waals surface area contributed by atoms with Gasteiger partial charge in [-0.2, -0.15) is 0 Å². The van der Waals surface area contributed by atoms with E-state index in [0.29, 0.717) is 21.9 Å². The number of hydrogen-bond donors (Lipinski definition) is 0. The quantitative estimate of drug-likeness (QED) is 0.637. The number of anilines is 2. The molecular formula is C13H13N2O4S2-. The number of carbonyl (C=O) groups is 1. The molecule has 1 unspecified atom stereocenters. The van der Waals surface area contributed by atoms with E-state index in [0.717, 1.165) is 9.31 Å². The number of benzene rings is 1. The molecule has 0 aliphatic heterocycles. The predicted octanol–water partition coefficient (Wildman–Crippen LogP) is 2.48. The Bertz CT molecular complexity index is 682. The number of carbonyl (C=O) groups excluding carboxylic acids is 1. The fourth-order valence-corrected chi connectivity index (χ4v) is 3.53. The second-order valence-corrected chi connectivity index (χ2v) is 6.15. The minimum Gasteiger partial charge on any atom is -0.755 e. The Morgan fingerprint density at radius 3 is 2.38 bits per heavy atom. The molecule has 0 aliphatic rings. The molecule has 0 fully saturated rings. The topological polar surface area (TPSA) is 82.6 Å². The molecule has 1 heterocycles. The van der Waals surface area contributed by atoms with Gasteiger partial charge in [-0.05, 0) is 38.1 Å². The van der Waals surface area contributed by atoms with Crippen LogP contribution in [0.25, 0.3) is 0 Å². The van der Waals surface area contributed by atoms with Crippen LogP contribution in [0.2, 0.25) is 0 Å². The fourth-order valence-electron chi connectivity index (χ4n) is 1.83. The van der Waals surface area contributed by atoms with Crippen LogP contribution in [-0.2, 0) is 16.0 Å². The number of aromatic nitrogens is 1. The minimum atomic E-state index is -2.48. The average molecular weight is 325 g/mol. The molecule has 6 nitrogen and oxygen atoms in total. The zero-order valence-corrected chi connectivity index (χ0v) is 13.3. The summed E-state index contributed by atoms with van der Waals surface area (Å²) in [7, 11) is 1.29. The first-order chi connectivity index (χ1) is 9.93. The molecule has 1 aromatic heterocycles. The van der Waals surface area contributed by atoms with E-state index in [-0.39, 0.29) is 0 Å². The van der Waals surface area contributed by atoms with Crippen molar-refractivity contribution in [3.63, 3.8) is 0 Å². The number of methoxy groups -OCH3 is 1. The van der Waals surface area contributed by atoms with Crippen LogP contribution >= 0.6 is 11.3 Å². The van der Waals surface area contributed by atoms with Gasteiger partial charge in [0.05, 0.1) is 40.3 Å². The van der Waals surface area contributed by atoms with Crippen molar-refractivity contribution < 1.29 is 18.3 Å². The van der Waals surface area contributed by atoms with Crippen LogP contribution in [0, 0.1) is 13.8 Å². The van der Waals surface area contributed by atoms with E-state index in [9.17, 15) is 13.6 Å². The summed E-state index contributed by atoms with van der Waals surface area (Å²) < 4.78 is 28.9. The standard InChI is InChI=1S/C13H14N2O4S2/c1-8-12(20-9(2)14-8)15(21(17)18)11-6-4-10(5-7-11)13(16)19-3/h4-7H,1-3H3,(H,17,18)/p-1. The van der Waals surface area contributed by atoms with Gasteiger partial charge in [0.1, 0.15) is 5.00 Å². The first-order valence-electron chi connectivity index (χ1n) is 5.96. The van der Waals surface area contributed by atoms with E-state index in [1.54, 1.807) is 19.1 Å². The van der Waals surface area contributed by atoms with Crippen LogP contribution in [0.3, 0.4) is 0 Å². The van der Waals surface area contributed by atoms with E-state index >= 15 is 0 Å². The third kappa shape index (κ3) is 3.29. The SMILES string of the molecule is COC(=O)c1ccc(N(c2sc(C)nc2C)S(=O)[O-])cc1. The van der Waals surface area contributed by atoms with Crippen molar-refractivity contribution in [2.24, 2.45) is 0 Å². The number of rotatable bonds is 4. The molecule has 0 amide bonds. The molecule has 0 N–H and O–H groups in total. The van der Waals surface area contributed by atoms with Gasteiger partial charge >= 0.3 is 5.97 Å². The number of ether oxygens (including phenoxy) is 1. The Morgan fingerprint density at radius 2 is 1.95 bits per heavy atom. The summed E-state index contributed by atoms with van der Waals surface area (Å²) in [5.41, 5.74) is 1.43. The first-order valence-corrected chi connectivity index (χ1v) is 7.80. The number of esters is 1. The fraction of sp³-hybridized carbons (Fsp3) is 0.231. The highest BCUT2D eigenvalue weighted by molar-refractivity contribution is 7.81. The molecule has 21 heavy (non-hydrogen) atoms. The number of thiazole rings is 1. The van der Waals surface area contributed by atoms with Crippen LogP contribution in [0.5, 0.6) is 0 Å². The maximum Gasteiger partial charge on any atom is 0.337 e. The summed E-state index contributed by atoms with van der Waals surface area (Å²) in [4.78, 5) is 15.6. The van der Waals surface area contributed by atoms with Crippen molar-refractivity contribution in [1.82, 2.24) is 4.98 Å². The molecule has 0 radical (unpaired) electrons. The minimum absolute atomic E-state index is 0.357. The summed E-state index contributed by atoms with van der Waals surface area (Å²) in [6.45, 7) is 3.56. The van der Waals surface area contributed by atoms with E-state index in [2.05, 4.69) is 9.72 Å². The van der Waals surface area contributed by atoms with E-state index in [4.69, 9.17) is 0 Å². The Kier molecular flexibility index (Phi) is 4.71. The molecule has 1 aromatic carbocycles. The van der Waals surface area contributed by atoms with Gasteiger partial charge in [0, 0.05) is 0 Å². The van der Waals surface area contributed by atoms with Crippen molar-refractivity contribution in [2.45, 2.75) is 13.8 Å². The molecular weight excluding hydrogens is 312 g/mol. The largest absolute Gasteiger partial charge is 0.755 e. The van der Waals surface area contributed by atoms with Gasteiger partial charge in [-0.3, -0.25) is 8.51 Å². The maximum atomic E-state index is 11.6. The van der Waals surface area contributed by atoms with E-state index < -0.39 is 17.2 Å². The van der Waals surface area contributed by atoms with Crippen LogP contribution < -0.4 is 4.31 Å². The number of hydrogen-bond acceptors (Lipinski definition) is 6. The second kappa shape index (κ2) is 6.33. The molecule has 1 atom stereocenters. The van der Waals surface area contributed by atoms with Crippen LogP contribution in [0.4, 0.5) is 10.7 Å².